The number of hydrogen-bond acceptors (Lipinski definition) is 7. The molecule has 1 atom stereocenters. The van der Waals surface area contributed by atoms with E-state index in [1.807, 2.05) is 24.3 Å². The van der Waals surface area contributed by atoms with Crippen molar-refractivity contribution in [2.75, 3.05) is 33.4 Å². The molecule has 0 amide bonds. The van der Waals surface area contributed by atoms with Gasteiger partial charge in [0.2, 0.25) is 0 Å². The van der Waals surface area contributed by atoms with Gasteiger partial charge < -0.3 is 14.2 Å². The van der Waals surface area contributed by atoms with Gasteiger partial charge in [0, 0.05) is 6.54 Å². The molecule has 1 heterocycles. The zero-order chi connectivity index (χ0) is 25.3. The lowest BCUT2D eigenvalue weighted by molar-refractivity contribution is -0.144. The molecule has 0 radical (unpaired) electrons. The molecule has 2 aromatic carbocycles. The number of carbonyl (C=O) groups excluding carboxylic acids is 1. The molecule has 1 unspecified atom stereocenters. The van der Waals surface area contributed by atoms with E-state index in [-0.39, 0.29) is 24.0 Å². The Morgan fingerprint density at radius 2 is 1.69 bits per heavy atom. The van der Waals surface area contributed by atoms with Crippen molar-refractivity contribution < 1.29 is 27.4 Å². The predicted octanol–water partition coefficient (Wildman–Crippen LogP) is 3.71. The minimum absolute atomic E-state index is 0.0881. The minimum Gasteiger partial charge on any atom is -0.497 e. The molecule has 1 saturated heterocycles. The number of likely N-dealkylation sites (tertiary alicyclic amines) is 1. The summed E-state index contributed by atoms with van der Waals surface area (Å²) >= 11 is 0. The van der Waals surface area contributed by atoms with Crippen LogP contribution in [0.3, 0.4) is 0 Å². The molecule has 0 spiro atoms. The Kier molecular flexibility index (Phi) is 9.58. The summed E-state index contributed by atoms with van der Waals surface area (Å²) in [5.74, 6) is 5.86. The molecule has 0 aliphatic carbocycles. The van der Waals surface area contributed by atoms with Crippen molar-refractivity contribution >= 4 is 15.8 Å². The van der Waals surface area contributed by atoms with Crippen LogP contribution in [0.15, 0.2) is 53.4 Å². The highest BCUT2D eigenvalue weighted by Crippen LogP contribution is 2.31. The highest BCUT2D eigenvalue weighted by molar-refractivity contribution is 7.92. The monoisotopic (exact) mass is 499 g/mol. The SMILES string of the molecule is CC#CCOc1ccc(S(=O)(=O)C(C(=O)OCC)C2CCN(Cc3ccc(OC)cc3)CC2)cc1. The normalized spacial score (nSPS) is 15.5. The number of benzene rings is 2. The Balaban J connectivity index is 1.71. The topological polar surface area (TPSA) is 82.1 Å². The smallest absolute Gasteiger partial charge is 0.324 e. The number of piperidine rings is 1. The second-order valence-corrected chi connectivity index (χ2v) is 10.4. The van der Waals surface area contributed by atoms with E-state index in [2.05, 4.69) is 16.7 Å². The van der Waals surface area contributed by atoms with Crippen LogP contribution < -0.4 is 9.47 Å². The van der Waals surface area contributed by atoms with Gasteiger partial charge in [-0.05, 0) is 87.7 Å². The molecular weight excluding hydrogens is 466 g/mol. The Labute approximate surface area is 208 Å². The van der Waals surface area contributed by atoms with Crippen LogP contribution in [0.2, 0.25) is 0 Å². The zero-order valence-electron chi connectivity index (χ0n) is 20.5. The van der Waals surface area contributed by atoms with E-state index in [1.54, 1.807) is 33.1 Å². The quantitative estimate of drug-likeness (QED) is 0.364. The van der Waals surface area contributed by atoms with Gasteiger partial charge in [-0.1, -0.05) is 18.1 Å². The number of sulfone groups is 1. The van der Waals surface area contributed by atoms with Crippen LogP contribution in [-0.2, 0) is 25.9 Å². The molecule has 1 aliphatic rings. The van der Waals surface area contributed by atoms with E-state index in [0.717, 1.165) is 17.9 Å². The summed E-state index contributed by atoms with van der Waals surface area (Å²) in [4.78, 5) is 15.2. The summed E-state index contributed by atoms with van der Waals surface area (Å²) in [6.45, 7) is 5.93. The largest absolute Gasteiger partial charge is 0.497 e. The lowest BCUT2D eigenvalue weighted by atomic mass is 9.93. The van der Waals surface area contributed by atoms with Crippen LogP contribution >= 0.6 is 0 Å². The number of nitrogens with zero attached hydrogens (tertiary/aromatic N) is 1. The predicted molar refractivity (Wildman–Crippen MR) is 134 cm³/mol. The number of esters is 1. The van der Waals surface area contributed by atoms with Crippen LogP contribution in [-0.4, -0.2) is 58.0 Å². The average Bonchev–Trinajstić information content (AvgIpc) is 2.86. The third kappa shape index (κ3) is 7.00. The molecule has 1 aliphatic heterocycles. The first-order valence-electron chi connectivity index (χ1n) is 11.8. The summed E-state index contributed by atoms with van der Waals surface area (Å²) in [7, 11) is -2.30. The van der Waals surface area contributed by atoms with Gasteiger partial charge in [0.05, 0.1) is 18.6 Å². The Hall–Kier alpha value is -3.02. The lowest BCUT2D eigenvalue weighted by Gasteiger charge is -2.35. The maximum absolute atomic E-state index is 13.6. The van der Waals surface area contributed by atoms with E-state index >= 15 is 0 Å². The molecule has 188 valence electrons. The van der Waals surface area contributed by atoms with Gasteiger partial charge in [0.25, 0.3) is 0 Å². The van der Waals surface area contributed by atoms with E-state index < -0.39 is 21.1 Å². The van der Waals surface area contributed by atoms with Gasteiger partial charge in [-0.2, -0.15) is 0 Å². The molecule has 1 fully saturated rings. The van der Waals surface area contributed by atoms with Crippen molar-refractivity contribution in [2.24, 2.45) is 5.92 Å². The summed E-state index contributed by atoms with van der Waals surface area (Å²) in [6, 6.07) is 14.0. The second kappa shape index (κ2) is 12.6. The first kappa shape index (κ1) is 26.6. The van der Waals surface area contributed by atoms with Gasteiger partial charge in [-0.25, -0.2) is 8.42 Å². The fourth-order valence-electron chi connectivity index (χ4n) is 4.26. The maximum Gasteiger partial charge on any atom is 0.324 e. The molecule has 0 saturated carbocycles. The molecule has 3 rings (SSSR count). The van der Waals surface area contributed by atoms with Gasteiger partial charge in [-0.15, -0.1) is 5.92 Å². The Morgan fingerprint density at radius 1 is 1.06 bits per heavy atom. The van der Waals surface area contributed by atoms with Gasteiger partial charge >= 0.3 is 5.97 Å². The molecule has 35 heavy (non-hydrogen) atoms. The summed E-state index contributed by atoms with van der Waals surface area (Å²) < 4.78 is 43.0. The first-order chi connectivity index (χ1) is 16.9. The third-order valence-corrected chi connectivity index (χ3v) is 8.29. The van der Waals surface area contributed by atoms with E-state index in [9.17, 15) is 13.2 Å². The van der Waals surface area contributed by atoms with E-state index in [4.69, 9.17) is 14.2 Å². The number of carbonyl (C=O) groups is 1. The van der Waals surface area contributed by atoms with Gasteiger partial charge in [0.1, 0.15) is 18.1 Å². The van der Waals surface area contributed by atoms with Crippen molar-refractivity contribution in [3.05, 3.63) is 54.1 Å². The number of rotatable bonds is 10. The lowest BCUT2D eigenvalue weighted by Crippen LogP contribution is -2.44. The molecule has 0 bridgehead atoms. The van der Waals surface area contributed by atoms with Crippen LogP contribution in [0.1, 0.15) is 32.3 Å². The third-order valence-electron chi connectivity index (χ3n) is 6.12. The fourth-order valence-corrected chi connectivity index (χ4v) is 6.17. The van der Waals surface area contributed by atoms with Crippen molar-refractivity contribution in [2.45, 2.75) is 43.4 Å². The van der Waals surface area contributed by atoms with Crippen molar-refractivity contribution in [3.8, 4) is 23.3 Å². The van der Waals surface area contributed by atoms with Gasteiger partial charge in [-0.3, -0.25) is 9.69 Å². The molecule has 8 heteroatoms. The molecule has 0 aromatic heterocycles. The first-order valence-corrected chi connectivity index (χ1v) is 13.3. The number of ether oxygens (including phenoxy) is 3. The fraction of sp³-hybridized carbons (Fsp3) is 0.444. The highest BCUT2D eigenvalue weighted by Gasteiger charge is 2.42. The van der Waals surface area contributed by atoms with Crippen LogP contribution in [0.4, 0.5) is 0 Å². The highest BCUT2D eigenvalue weighted by atomic mass is 32.2. The Bertz CT molecular complexity index is 1120. The number of methoxy groups -OCH3 is 1. The van der Waals surface area contributed by atoms with Crippen LogP contribution in [0.5, 0.6) is 11.5 Å². The Morgan fingerprint density at radius 3 is 2.26 bits per heavy atom. The van der Waals surface area contributed by atoms with Crippen LogP contribution in [0.25, 0.3) is 0 Å². The zero-order valence-corrected chi connectivity index (χ0v) is 21.3. The van der Waals surface area contributed by atoms with Crippen molar-refractivity contribution in [3.63, 3.8) is 0 Å². The average molecular weight is 500 g/mol. The minimum atomic E-state index is -3.94. The molecular formula is C27H33NO6S. The second-order valence-electron chi connectivity index (χ2n) is 8.37. The van der Waals surface area contributed by atoms with E-state index in [0.29, 0.717) is 31.7 Å². The summed E-state index contributed by atoms with van der Waals surface area (Å²) in [6.07, 6.45) is 1.19. The number of hydrogen-bond donors (Lipinski definition) is 0. The standard InChI is InChI=1S/C27H33NO6S/c1-4-6-19-34-24-11-13-25(14-12-24)35(30,31)26(27(29)33-5-2)22-15-17-28(18-16-22)20-21-7-9-23(32-3)10-8-21/h7-14,22,26H,5,15-20H2,1-3H3. The van der Waals surface area contributed by atoms with Gasteiger partial charge in [0.15, 0.2) is 15.1 Å². The molecule has 7 nitrogen and oxygen atoms in total. The van der Waals surface area contributed by atoms with Crippen LogP contribution in [0, 0.1) is 17.8 Å². The molecule has 2 aromatic rings. The van der Waals surface area contributed by atoms with E-state index in [1.165, 1.54) is 12.1 Å². The molecule has 0 N–H and O–H groups in total. The summed E-state index contributed by atoms with van der Waals surface area (Å²) in [5, 5.41) is -1.23. The maximum atomic E-state index is 13.6. The summed E-state index contributed by atoms with van der Waals surface area (Å²) in [5.41, 5.74) is 1.16. The van der Waals surface area contributed by atoms with Crippen molar-refractivity contribution in [1.82, 2.24) is 4.90 Å². The van der Waals surface area contributed by atoms with Crippen molar-refractivity contribution in [1.29, 1.82) is 0 Å².